The molecule has 0 N–H and O–H groups in total. The third-order valence-electron chi connectivity index (χ3n) is 10.7. The van der Waals surface area contributed by atoms with Crippen LogP contribution in [-0.2, 0) is 0 Å². The van der Waals surface area contributed by atoms with Crippen molar-refractivity contribution in [3.8, 4) is 33.7 Å². The summed E-state index contributed by atoms with van der Waals surface area (Å²) in [6.45, 7) is 0. The number of nitrogens with zero attached hydrogens (tertiary/aromatic N) is 2. The van der Waals surface area contributed by atoms with E-state index in [0.717, 1.165) is 72.0 Å². The minimum Gasteiger partial charge on any atom is -0.456 e. The number of hydrogen-bond acceptors (Lipinski definition) is 4. The van der Waals surface area contributed by atoms with E-state index in [2.05, 4.69) is 175 Å². The van der Waals surface area contributed by atoms with Gasteiger partial charge in [-0.05, 0) is 104 Å². The molecule has 4 heteroatoms. The Morgan fingerprint density at radius 3 is 1.91 bits per heavy atom. The van der Waals surface area contributed by atoms with Gasteiger partial charge in [0, 0.05) is 39.5 Å². The fraction of sp³-hybridized carbons (Fsp3) is 0. The predicted octanol–water partition coefficient (Wildman–Crippen LogP) is 14.5. The number of benzene rings is 9. The Balaban J connectivity index is 1.05. The number of fused-ring (bicyclic) bond motifs is 6. The molecule has 0 aliphatic carbocycles. The molecule has 0 bridgehead atoms. The molecule has 0 saturated heterocycles. The predicted molar refractivity (Wildman–Crippen MR) is 227 cm³/mol. The number of furan rings is 1. The molecular weight excluding hydrogens is 673 g/mol. The summed E-state index contributed by atoms with van der Waals surface area (Å²) in [4.78, 5) is 7.26. The maximum atomic E-state index is 6.63. The van der Waals surface area contributed by atoms with Crippen LogP contribution in [0.2, 0.25) is 0 Å². The molecule has 4 nitrogen and oxygen atoms in total. The van der Waals surface area contributed by atoms with E-state index in [1.165, 1.54) is 27.5 Å². The zero-order chi connectivity index (χ0) is 36.3. The fourth-order valence-corrected chi connectivity index (χ4v) is 8.03. The van der Waals surface area contributed by atoms with E-state index in [-0.39, 0.29) is 0 Å². The third kappa shape index (κ3) is 5.34. The monoisotopic (exact) mass is 704 g/mol. The third-order valence-corrected chi connectivity index (χ3v) is 10.7. The highest BCUT2D eigenvalue weighted by molar-refractivity contribution is 6.13. The summed E-state index contributed by atoms with van der Waals surface area (Å²) in [6, 6.07) is 68.2. The number of rotatable bonds is 6. The van der Waals surface area contributed by atoms with Crippen molar-refractivity contribution >= 4 is 71.6 Å². The molecule has 0 aliphatic heterocycles. The van der Waals surface area contributed by atoms with Crippen LogP contribution in [0.25, 0.3) is 88.3 Å². The van der Waals surface area contributed by atoms with Gasteiger partial charge in [0.15, 0.2) is 5.58 Å². The van der Waals surface area contributed by atoms with Crippen LogP contribution in [0, 0.1) is 0 Å². The Labute approximate surface area is 317 Å². The summed E-state index contributed by atoms with van der Waals surface area (Å²) < 4.78 is 13.0. The first-order chi connectivity index (χ1) is 27.2. The topological polar surface area (TPSA) is 42.4 Å². The van der Waals surface area contributed by atoms with Crippen LogP contribution >= 0.6 is 0 Å². The van der Waals surface area contributed by atoms with Crippen molar-refractivity contribution in [2.45, 2.75) is 0 Å². The summed E-state index contributed by atoms with van der Waals surface area (Å²) in [6.07, 6.45) is 0. The molecule has 0 radical (unpaired) electrons. The molecule has 55 heavy (non-hydrogen) atoms. The van der Waals surface area contributed by atoms with E-state index in [9.17, 15) is 0 Å². The van der Waals surface area contributed by atoms with Crippen molar-refractivity contribution in [2.75, 3.05) is 4.90 Å². The van der Waals surface area contributed by atoms with Crippen molar-refractivity contribution in [3.63, 3.8) is 0 Å². The van der Waals surface area contributed by atoms with Gasteiger partial charge in [0.25, 0.3) is 0 Å². The number of oxazole rings is 1. The quantitative estimate of drug-likeness (QED) is 0.173. The van der Waals surface area contributed by atoms with E-state index in [1.807, 2.05) is 24.3 Å². The van der Waals surface area contributed by atoms with Crippen LogP contribution < -0.4 is 4.90 Å². The fourth-order valence-electron chi connectivity index (χ4n) is 8.03. The summed E-state index contributed by atoms with van der Waals surface area (Å²) in [5, 5.41) is 6.72. The van der Waals surface area contributed by atoms with Gasteiger partial charge in [0.05, 0.1) is 0 Å². The summed E-state index contributed by atoms with van der Waals surface area (Å²) in [5.41, 5.74) is 11.9. The van der Waals surface area contributed by atoms with Gasteiger partial charge in [-0.25, -0.2) is 4.98 Å². The van der Waals surface area contributed by atoms with Gasteiger partial charge in [-0.1, -0.05) is 127 Å². The Morgan fingerprint density at radius 1 is 0.364 bits per heavy atom. The maximum absolute atomic E-state index is 6.63. The first-order valence-corrected chi connectivity index (χ1v) is 18.5. The zero-order valence-electron chi connectivity index (χ0n) is 29.7. The van der Waals surface area contributed by atoms with Crippen molar-refractivity contribution in [2.24, 2.45) is 0 Å². The second-order valence-corrected chi connectivity index (χ2v) is 14.0. The van der Waals surface area contributed by atoms with Crippen LogP contribution in [0.1, 0.15) is 0 Å². The van der Waals surface area contributed by atoms with Crippen LogP contribution in [0.4, 0.5) is 17.1 Å². The van der Waals surface area contributed by atoms with Gasteiger partial charge >= 0.3 is 0 Å². The second kappa shape index (κ2) is 12.6. The number of anilines is 3. The average molecular weight is 705 g/mol. The van der Waals surface area contributed by atoms with E-state index in [1.54, 1.807) is 0 Å². The molecule has 2 heterocycles. The van der Waals surface area contributed by atoms with Gasteiger partial charge in [-0.2, -0.15) is 0 Å². The van der Waals surface area contributed by atoms with Crippen LogP contribution in [0.15, 0.2) is 203 Å². The van der Waals surface area contributed by atoms with Crippen LogP contribution in [0.5, 0.6) is 0 Å². The lowest BCUT2D eigenvalue weighted by molar-refractivity contribution is 0.620. The molecule has 9 aromatic carbocycles. The lowest BCUT2D eigenvalue weighted by Gasteiger charge is -2.26. The van der Waals surface area contributed by atoms with Crippen molar-refractivity contribution in [1.82, 2.24) is 4.98 Å². The van der Waals surface area contributed by atoms with Crippen molar-refractivity contribution in [1.29, 1.82) is 0 Å². The Bertz CT molecular complexity index is 3150. The molecule has 11 aromatic rings. The minimum atomic E-state index is 0.577. The van der Waals surface area contributed by atoms with Gasteiger partial charge in [-0.15, -0.1) is 0 Å². The maximum Gasteiger partial charge on any atom is 0.228 e. The highest BCUT2D eigenvalue weighted by Gasteiger charge is 2.20. The molecule has 0 fully saturated rings. The second-order valence-electron chi connectivity index (χ2n) is 14.0. The van der Waals surface area contributed by atoms with E-state index >= 15 is 0 Å². The molecule has 0 saturated carbocycles. The van der Waals surface area contributed by atoms with E-state index < -0.39 is 0 Å². The zero-order valence-corrected chi connectivity index (χ0v) is 29.7. The smallest absolute Gasteiger partial charge is 0.228 e. The highest BCUT2D eigenvalue weighted by Crippen LogP contribution is 2.43. The van der Waals surface area contributed by atoms with Gasteiger partial charge in [0.1, 0.15) is 16.7 Å². The lowest BCUT2D eigenvalue weighted by atomic mass is 9.98. The lowest BCUT2D eigenvalue weighted by Crippen LogP contribution is -2.10. The summed E-state index contributed by atoms with van der Waals surface area (Å²) in [7, 11) is 0. The van der Waals surface area contributed by atoms with Crippen LogP contribution in [0.3, 0.4) is 0 Å². The molecule has 0 aliphatic rings. The normalized spacial score (nSPS) is 11.6. The Kier molecular flexibility index (Phi) is 7.14. The Morgan fingerprint density at radius 2 is 1.04 bits per heavy atom. The summed E-state index contributed by atoms with van der Waals surface area (Å²) in [5.74, 6) is 0.577. The van der Waals surface area contributed by atoms with Crippen LogP contribution in [-0.4, -0.2) is 4.98 Å². The standard InChI is InChI=1S/C51H32N2O2/c1-2-11-33(12-3-1)36-17-8-18-40(29-36)53(39-25-23-35(24-26-39)43-20-9-16-34-13-6-7-19-42(34)43)41-27-28-44-48(32-41)54-47-22-10-21-45(50(44)47)51-52-46-30-37-14-4-5-15-38(37)31-49(46)55-51/h1-32H. The molecule has 258 valence electrons. The van der Waals surface area contributed by atoms with Crippen molar-refractivity contribution < 1.29 is 8.83 Å². The molecule has 0 unspecified atom stereocenters. The molecule has 2 aromatic heterocycles. The van der Waals surface area contributed by atoms with Crippen molar-refractivity contribution in [3.05, 3.63) is 194 Å². The molecule has 0 atom stereocenters. The SMILES string of the molecule is c1ccc(-c2cccc(N(c3ccc(-c4cccc5ccccc45)cc3)c3ccc4c(c3)oc3cccc(-c5nc6cc7ccccc7cc6o5)c34)c2)cc1. The highest BCUT2D eigenvalue weighted by atomic mass is 16.3. The largest absolute Gasteiger partial charge is 0.456 e. The van der Waals surface area contributed by atoms with Gasteiger partial charge in [0.2, 0.25) is 5.89 Å². The first-order valence-electron chi connectivity index (χ1n) is 18.5. The van der Waals surface area contributed by atoms with Gasteiger partial charge < -0.3 is 13.7 Å². The number of aromatic nitrogens is 1. The van der Waals surface area contributed by atoms with E-state index in [0.29, 0.717) is 5.89 Å². The molecule has 0 spiro atoms. The summed E-state index contributed by atoms with van der Waals surface area (Å²) >= 11 is 0. The minimum absolute atomic E-state index is 0.577. The molecular formula is C51H32N2O2. The van der Waals surface area contributed by atoms with Gasteiger partial charge in [-0.3, -0.25) is 0 Å². The van der Waals surface area contributed by atoms with E-state index in [4.69, 9.17) is 13.8 Å². The molecule has 0 amide bonds. The number of hydrogen-bond donors (Lipinski definition) is 0. The first kappa shape index (κ1) is 31.1. The average Bonchev–Trinajstić information content (AvgIpc) is 3.84. The molecule has 11 rings (SSSR count). The Hall–Kier alpha value is -7.43.